The van der Waals surface area contributed by atoms with Crippen LogP contribution in [0.2, 0.25) is 0 Å². The van der Waals surface area contributed by atoms with Crippen molar-refractivity contribution in [1.29, 1.82) is 0 Å². The maximum absolute atomic E-state index is 12.4. The van der Waals surface area contributed by atoms with Crippen LogP contribution in [0.4, 0.5) is 0 Å². The second kappa shape index (κ2) is 9.13. The molecule has 0 spiro atoms. The summed E-state index contributed by atoms with van der Waals surface area (Å²) in [5.41, 5.74) is 2.46. The van der Waals surface area contributed by atoms with Gasteiger partial charge in [-0.05, 0) is 51.0 Å². The number of likely N-dealkylation sites (N-methyl/N-ethyl adjacent to an activating group) is 2. The Bertz CT molecular complexity index is 475. The lowest BCUT2D eigenvalue weighted by molar-refractivity contribution is -0.132. The minimum absolute atomic E-state index is 0. The lowest BCUT2D eigenvalue weighted by atomic mass is 10.1. The maximum Gasteiger partial charge on any atom is 0.236 e. The molecule has 2 rings (SSSR count). The topological polar surface area (TPSA) is 35.6 Å². The van der Waals surface area contributed by atoms with E-state index in [1.807, 2.05) is 24.1 Å². The fourth-order valence-corrected chi connectivity index (χ4v) is 2.84. The molecule has 0 bridgehead atoms. The Morgan fingerprint density at radius 2 is 1.86 bits per heavy atom. The van der Waals surface area contributed by atoms with Crippen LogP contribution in [-0.2, 0) is 11.3 Å². The summed E-state index contributed by atoms with van der Waals surface area (Å²) in [6, 6.07) is 8.78. The summed E-state index contributed by atoms with van der Waals surface area (Å²) in [7, 11) is 3.96. The van der Waals surface area contributed by atoms with Crippen LogP contribution in [-0.4, -0.2) is 55.5 Å². The molecule has 4 nitrogen and oxygen atoms in total. The highest BCUT2D eigenvalue weighted by molar-refractivity contribution is 5.85. The summed E-state index contributed by atoms with van der Waals surface area (Å²) in [5.74, 6) is 0.194. The Labute approximate surface area is 140 Å². The molecule has 1 saturated heterocycles. The molecule has 0 radical (unpaired) electrons. The molecule has 5 heteroatoms. The number of nitrogens with zero attached hydrogens (tertiary/aromatic N) is 2. The van der Waals surface area contributed by atoms with Crippen LogP contribution >= 0.6 is 12.4 Å². The van der Waals surface area contributed by atoms with Crippen molar-refractivity contribution in [3.05, 3.63) is 35.4 Å². The fraction of sp³-hybridized carbons (Fsp3) is 0.588. The van der Waals surface area contributed by atoms with E-state index in [9.17, 15) is 4.79 Å². The van der Waals surface area contributed by atoms with E-state index < -0.39 is 0 Å². The zero-order chi connectivity index (χ0) is 15.2. The molecule has 22 heavy (non-hydrogen) atoms. The highest BCUT2D eigenvalue weighted by atomic mass is 35.5. The van der Waals surface area contributed by atoms with Crippen LogP contribution in [0.25, 0.3) is 0 Å². The first-order valence-electron chi connectivity index (χ1n) is 7.77. The van der Waals surface area contributed by atoms with E-state index in [0.717, 1.165) is 25.9 Å². The van der Waals surface area contributed by atoms with Gasteiger partial charge in [0.1, 0.15) is 0 Å². The van der Waals surface area contributed by atoms with Crippen LogP contribution in [0.1, 0.15) is 24.0 Å². The van der Waals surface area contributed by atoms with E-state index in [1.54, 1.807) is 0 Å². The number of aryl methyl sites for hydroxylation is 1. The number of benzene rings is 1. The van der Waals surface area contributed by atoms with Gasteiger partial charge in [-0.25, -0.2) is 0 Å². The monoisotopic (exact) mass is 325 g/mol. The minimum Gasteiger partial charge on any atom is -0.340 e. The van der Waals surface area contributed by atoms with Gasteiger partial charge < -0.3 is 10.2 Å². The van der Waals surface area contributed by atoms with E-state index in [1.165, 1.54) is 11.1 Å². The number of carbonyl (C=O) groups excluding carboxylic acids is 1. The Morgan fingerprint density at radius 1 is 1.23 bits per heavy atom. The standard InChI is InChI=1S/C17H27N3O.ClH/c1-14-6-4-5-7-15(14)12-20(3)17(21)13-19(2)16-8-10-18-11-9-16;/h4-7,16,18H,8-13H2,1-3H3;1H. The summed E-state index contributed by atoms with van der Waals surface area (Å²) in [6.07, 6.45) is 2.26. The molecule has 1 fully saturated rings. The second-order valence-corrected chi connectivity index (χ2v) is 6.07. The third-order valence-corrected chi connectivity index (χ3v) is 4.41. The SMILES string of the molecule is Cc1ccccc1CN(C)C(=O)CN(C)C1CCNCC1.Cl. The molecule has 0 aromatic heterocycles. The predicted octanol–water partition coefficient (Wildman–Crippen LogP) is 2.06. The van der Waals surface area contributed by atoms with Crippen molar-refractivity contribution in [2.45, 2.75) is 32.4 Å². The molecule has 1 aromatic carbocycles. The van der Waals surface area contributed by atoms with E-state index in [4.69, 9.17) is 0 Å². The summed E-state index contributed by atoms with van der Waals surface area (Å²) in [4.78, 5) is 16.4. The van der Waals surface area contributed by atoms with Gasteiger partial charge >= 0.3 is 0 Å². The largest absolute Gasteiger partial charge is 0.340 e. The fourth-order valence-electron chi connectivity index (χ4n) is 2.84. The van der Waals surface area contributed by atoms with E-state index in [-0.39, 0.29) is 18.3 Å². The highest BCUT2D eigenvalue weighted by Gasteiger charge is 2.21. The van der Waals surface area contributed by atoms with Crippen LogP contribution in [0.3, 0.4) is 0 Å². The maximum atomic E-state index is 12.4. The van der Waals surface area contributed by atoms with E-state index in [2.05, 4.69) is 36.3 Å². The van der Waals surface area contributed by atoms with Gasteiger partial charge in [0.2, 0.25) is 5.91 Å². The number of amides is 1. The number of halogens is 1. The summed E-state index contributed by atoms with van der Waals surface area (Å²) >= 11 is 0. The highest BCUT2D eigenvalue weighted by Crippen LogP contribution is 2.12. The van der Waals surface area contributed by atoms with Crippen molar-refractivity contribution in [1.82, 2.24) is 15.1 Å². The summed E-state index contributed by atoms with van der Waals surface area (Å²) in [6.45, 7) is 5.40. The van der Waals surface area contributed by atoms with Crippen molar-refractivity contribution >= 4 is 18.3 Å². The molecular weight excluding hydrogens is 298 g/mol. The lowest BCUT2D eigenvalue weighted by Gasteiger charge is -2.32. The van der Waals surface area contributed by atoms with Gasteiger partial charge in [0.15, 0.2) is 0 Å². The van der Waals surface area contributed by atoms with Gasteiger partial charge in [0.05, 0.1) is 6.54 Å². The number of piperidine rings is 1. The molecule has 1 aromatic rings. The van der Waals surface area contributed by atoms with E-state index in [0.29, 0.717) is 19.1 Å². The molecule has 0 unspecified atom stereocenters. The first-order chi connectivity index (χ1) is 10.1. The second-order valence-electron chi connectivity index (χ2n) is 6.07. The summed E-state index contributed by atoms with van der Waals surface area (Å²) in [5, 5.41) is 3.36. The van der Waals surface area contributed by atoms with Gasteiger partial charge in [-0.1, -0.05) is 24.3 Å². The number of carbonyl (C=O) groups is 1. The smallest absolute Gasteiger partial charge is 0.236 e. The van der Waals surface area contributed by atoms with Gasteiger partial charge in [0, 0.05) is 19.6 Å². The Balaban J connectivity index is 0.00000242. The quantitative estimate of drug-likeness (QED) is 0.900. The Hall–Kier alpha value is -1.10. The third-order valence-electron chi connectivity index (χ3n) is 4.41. The molecule has 1 aliphatic heterocycles. The molecular formula is C17H28ClN3O. The Kier molecular flexibility index (Phi) is 7.87. The molecule has 0 atom stereocenters. The van der Waals surface area contributed by atoms with Gasteiger partial charge in [-0.2, -0.15) is 0 Å². The average Bonchev–Trinajstić information content (AvgIpc) is 2.50. The van der Waals surface area contributed by atoms with E-state index >= 15 is 0 Å². The molecule has 0 aliphatic carbocycles. The zero-order valence-electron chi connectivity index (χ0n) is 13.8. The average molecular weight is 326 g/mol. The number of hydrogen-bond donors (Lipinski definition) is 1. The van der Waals surface area contributed by atoms with Crippen molar-refractivity contribution in [2.24, 2.45) is 0 Å². The summed E-state index contributed by atoms with van der Waals surface area (Å²) < 4.78 is 0. The molecule has 124 valence electrons. The molecule has 1 N–H and O–H groups in total. The number of nitrogens with one attached hydrogen (secondary N) is 1. The van der Waals surface area contributed by atoms with Crippen LogP contribution in [0.5, 0.6) is 0 Å². The third kappa shape index (κ3) is 5.27. The normalized spacial score (nSPS) is 15.5. The first-order valence-corrected chi connectivity index (χ1v) is 7.77. The predicted molar refractivity (Wildman–Crippen MR) is 93.4 cm³/mol. The van der Waals surface area contributed by atoms with Crippen molar-refractivity contribution in [3.8, 4) is 0 Å². The van der Waals surface area contributed by atoms with Crippen molar-refractivity contribution in [2.75, 3.05) is 33.7 Å². The van der Waals surface area contributed by atoms with Crippen molar-refractivity contribution in [3.63, 3.8) is 0 Å². The van der Waals surface area contributed by atoms with Crippen molar-refractivity contribution < 1.29 is 4.79 Å². The van der Waals surface area contributed by atoms with Gasteiger partial charge in [0.25, 0.3) is 0 Å². The minimum atomic E-state index is 0. The van der Waals surface area contributed by atoms with Gasteiger partial charge in [-0.3, -0.25) is 9.69 Å². The van der Waals surface area contributed by atoms with Gasteiger partial charge in [-0.15, -0.1) is 12.4 Å². The van der Waals surface area contributed by atoms with Crippen LogP contribution in [0, 0.1) is 6.92 Å². The number of hydrogen-bond acceptors (Lipinski definition) is 3. The molecule has 0 saturated carbocycles. The molecule has 1 aliphatic rings. The van der Waals surface area contributed by atoms with Crippen LogP contribution in [0.15, 0.2) is 24.3 Å². The molecule has 1 amide bonds. The Morgan fingerprint density at radius 3 is 2.50 bits per heavy atom. The lowest BCUT2D eigenvalue weighted by Crippen LogP contribution is -2.45. The molecule has 1 heterocycles. The van der Waals surface area contributed by atoms with Crippen LogP contribution < -0.4 is 5.32 Å². The zero-order valence-corrected chi connectivity index (χ0v) is 14.7. The first kappa shape index (κ1) is 18.9. The number of rotatable bonds is 5.